The lowest BCUT2D eigenvalue weighted by Crippen LogP contribution is -2.16. The van der Waals surface area contributed by atoms with Crippen LogP contribution in [0.5, 0.6) is 0 Å². The maximum Gasteiger partial charge on any atom is 0.255 e. The first-order valence-corrected chi connectivity index (χ1v) is 10.1. The first-order chi connectivity index (χ1) is 11.9. The van der Waals surface area contributed by atoms with E-state index in [9.17, 15) is 13.2 Å². The monoisotopic (exact) mass is 360 g/mol. The van der Waals surface area contributed by atoms with Gasteiger partial charge in [0.25, 0.3) is 5.91 Å². The van der Waals surface area contributed by atoms with E-state index in [1.165, 1.54) is 0 Å². The van der Waals surface area contributed by atoms with Crippen molar-refractivity contribution < 1.29 is 13.2 Å². The molecular weight excluding hydrogens is 336 g/mol. The molecule has 1 amide bonds. The first-order valence-electron chi connectivity index (χ1n) is 8.42. The summed E-state index contributed by atoms with van der Waals surface area (Å²) >= 11 is 0. The molecule has 0 aliphatic rings. The van der Waals surface area contributed by atoms with Gasteiger partial charge in [-0.05, 0) is 55.2 Å². The summed E-state index contributed by atoms with van der Waals surface area (Å²) < 4.78 is 25.6. The zero-order valence-corrected chi connectivity index (χ0v) is 15.6. The van der Waals surface area contributed by atoms with E-state index in [1.54, 1.807) is 31.2 Å². The van der Waals surface area contributed by atoms with E-state index in [1.807, 2.05) is 18.2 Å². The van der Waals surface area contributed by atoms with Gasteiger partial charge in [0.2, 0.25) is 10.0 Å². The van der Waals surface area contributed by atoms with Gasteiger partial charge in [0.15, 0.2) is 0 Å². The predicted molar refractivity (Wildman–Crippen MR) is 103 cm³/mol. The Morgan fingerprint density at radius 1 is 0.920 bits per heavy atom. The molecule has 25 heavy (non-hydrogen) atoms. The van der Waals surface area contributed by atoms with Gasteiger partial charge >= 0.3 is 0 Å². The molecule has 2 aromatic rings. The molecule has 2 aromatic carbocycles. The molecule has 134 valence electrons. The van der Waals surface area contributed by atoms with Gasteiger partial charge in [-0.1, -0.05) is 32.0 Å². The second kappa shape index (κ2) is 8.16. The molecule has 0 fully saturated rings. The average molecular weight is 360 g/mol. The van der Waals surface area contributed by atoms with Crippen LogP contribution in [0, 0.1) is 0 Å². The van der Waals surface area contributed by atoms with Crippen LogP contribution in [-0.4, -0.2) is 20.1 Å². The maximum atomic E-state index is 12.6. The summed E-state index contributed by atoms with van der Waals surface area (Å²) in [6.45, 7) is 5.68. The highest BCUT2D eigenvalue weighted by Crippen LogP contribution is 2.23. The number of anilines is 2. The fourth-order valence-electron chi connectivity index (χ4n) is 2.53. The third kappa shape index (κ3) is 4.82. The van der Waals surface area contributed by atoms with Crippen LogP contribution in [0.1, 0.15) is 42.3 Å². The van der Waals surface area contributed by atoms with Crippen molar-refractivity contribution in [3.8, 4) is 0 Å². The van der Waals surface area contributed by atoms with Gasteiger partial charge in [0.1, 0.15) is 0 Å². The topological polar surface area (TPSA) is 75.3 Å². The van der Waals surface area contributed by atoms with Crippen molar-refractivity contribution in [1.82, 2.24) is 0 Å². The average Bonchev–Trinajstić information content (AvgIpc) is 2.62. The molecule has 2 rings (SSSR count). The molecule has 0 heterocycles. The number of aryl methyl sites for hydroxylation is 2. The molecule has 0 aromatic heterocycles. The Hall–Kier alpha value is -2.34. The van der Waals surface area contributed by atoms with Crippen molar-refractivity contribution in [2.45, 2.75) is 33.6 Å². The Kier molecular flexibility index (Phi) is 6.20. The lowest BCUT2D eigenvalue weighted by molar-refractivity contribution is 0.102. The van der Waals surface area contributed by atoms with Crippen LogP contribution in [-0.2, 0) is 22.9 Å². The van der Waals surface area contributed by atoms with Crippen molar-refractivity contribution in [3.63, 3.8) is 0 Å². The highest BCUT2D eigenvalue weighted by atomic mass is 32.2. The van der Waals surface area contributed by atoms with E-state index >= 15 is 0 Å². The molecule has 0 aliphatic carbocycles. The number of benzene rings is 2. The molecule has 0 aliphatic heterocycles. The first kappa shape index (κ1) is 19.0. The number of nitrogens with one attached hydrogen (secondary N) is 2. The molecule has 0 radical (unpaired) electrons. The number of hydrogen-bond donors (Lipinski definition) is 2. The number of rotatable bonds is 7. The van der Waals surface area contributed by atoms with Crippen molar-refractivity contribution in [1.29, 1.82) is 0 Å². The summed E-state index contributed by atoms with van der Waals surface area (Å²) in [5.74, 6) is -0.205. The van der Waals surface area contributed by atoms with E-state index in [2.05, 4.69) is 23.9 Å². The molecule has 6 heteroatoms. The minimum atomic E-state index is -3.32. The van der Waals surface area contributed by atoms with Crippen LogP contribution in [0.15, 0.2) is 42.5 Å². The zero-order chi connectivity index (χ0) is 18.4. The second-order valence-corrected chi connectivity index (χ2v) is 7.71. The zero-order valence-electron chi connectivity index (χ0n) is 14.8. The van der Waals surface area contributed by atoms with Gasteiger partial charge in [-0.15, -0.1) is 0 Å². The normalized spacial score (nSPS) is 11.2. The summed E-state index contributed by atoms with van der Waals surface area (Å²) in [6, 6.07) is 12.4. The summed E-state index contributed by atoms with van der Waals surface area (Å²) in [4.78, 5) is 12.6. The molecule has 0 atom stereocenters. The summed E-state index contributed by atoms with van der Waals surface area (Å²) in [6.07, 6.45) is 1.67. The molecule has 0 unspecified atom stereocenters. The van der Waals surface area contributed by atoms with Crippen molar-refractivity contribution >= 4 is 27.3 Å². The van der Waals surface area contributed by atoms with Crippen LogP contribution < -0.4 is 10.0 Å². The number of hydrogen-bond acceptors (Lipinski definition) is 3. The van der Waals surface area contributed by atoms with Crippen molar-refractivity contribution in [2.24, 2.45) is 0 Å². The van der Waals surface area contributed by atoms with Crippen LogP contribution >= 0.6 is 0 Å². The summed E-state index contributed by atoms with van der Waals surface area (Å²) in [5.41, 5.74) is 3.99. The third-order valence-electron chi connectivity index (χ3n) is 4.04. The quantitative estimate of drug-likeness (QED) is 0.788. The second-order valence-electron chi connectivity index (χ2n) is 5.70. The molecule has 0 spiro atoms. The van der Waals surface area contributed by atoms with Gasteiger partial charge in [-0.25, -0.2) is 8.42 Å². The summed E-state index contributed by atoms with van der Waals surface area (Å²) in [5, 5.41) is 3.00. The SMILES string of the molecule is CCc1cccc(CC)c1NC(=O)c1ccc(NS(=O)(=O)CC)cc1. The Morgan fingerprint density at radius 2 is 1.48 bits per heavy atom. The Morgan fingerprint density at radius 3 is 1.96 bits per heavy atom. The largest absolute Gasteiger partial charge is 0.321 e. The molecule has 2 N–H and O–H groups in total. The van der Waals surface area contributed by atoms with Gasteiger partial charge in [-0.3, -0.25) is 9.52 Å². The Balaban J connectivity index is 2.20. The van der Waals surface area contributed by atoms with E-state index in [0.29, 0.717) is 11.3 Å². The fourth-order valence-corrected chi connectivity index (χ4v) is 3.17. The lowest BCUT2D eigenvalue weighted by atomic mass is 10.0. The summed E-state index contributed by atoms with van der Waals surface area (Å²) in [7, 11) is -3.32. The standard InChI is InChI=1S/C19H24N2O3S/c1-4-14-8-7-9-15(5-2)18(14)20-19(22)16-10-12-17(13-11-16)21-25(23,24)6-3/h7-13,21H,4-6H2,1-3H3,(H,20,22). The van der Waals surface area contributed by atoms with Crippen molar-refractivity contribution in [2.75, 3.05) is 15.8 Å². The van der Waals surface area contributed by atoms with Gasteiger partial charge < -0.3 is 5.32 Å². The smallest absolute Gasteiger partial charge is 0.255 e. The lowest BCUT2D eigenvalue weighted by Gasteiger charge is -2.14. The van der Waals surface area contributed by atoms with E-state index in [4.69, 9.17) is 0 Å². The van der Waals surface area contributed by atoms with Crippen LogP contribution in [0.3, 0.4) is 0 Å². The van der Waals surface area contributed by atoms with Gasteiger partial charge in [0.05, 0.1) is 5.75 Å². The molecule has 0 saturated heterocycles. The van der Waals surface area contributed by atoms with Gasteiger partial charge in [0, 0.05) is 16.9 Å². The number of para-hydroxylation sites is 1. The third-order valence-corrected chi connectivity index (χ3v) is 5.34. The molecule has 0 bridgehead atoms. The number of carbonyl (C=O) groups is 1. The van der Waals surface area contributed by atoms with E-state index in [-0.39, 0.29) is 11.7 Å². The molecular formula is C19H24N2O3S. The van der Waals surface area contributed by atoms with Crippen LogP contribution in [0.25, 0.3) is 0 Å². The molecule has 0 saturated carbocycles. The van der Waals surface area contributed by atoms with Crippen molar-refractivity contribution in [3.05, 3.63) is 59.2 Å². The Bertz CT molecular complexity index is 821. The Labute approximate surface area is 149 Å². The highest BCUT2D eigenvalue weighted by Gasteiger charge is 2.12. The van der Waals surface area contributed by atoms with Crippen LogP contribution in [0.4, 0.5) is 11.4 Å². The fraction of sp³-hybridized carbons (Fsp3) is 0.316. The van der Waals surface area contributed by atoms with E-state index < -0.39 is 10.0 Å². The minimum Gasteiger partial charge on any atom is -0.321 e. The number of amides is 1. The predicted octanol–water partition coefficient (Wildman–Crippen LogP) is 3.83. The number of carbonyl (C=O) groups excluding carboxylic acids is 1. The van der Waals surface area contributed by atoms with Crippen LogP contribution in [0.2, 0.25) is 0 Å². The van der Waals surface area contributed by atoms with Gasteiger partial charge in [-0.2, -0.15) is 0 Å². The van der Waals surface area contributed by atoms with E-state index in [0.717, 1.165) is 29.7 Å². The minimum absolute atomic E-state index is 0.00281. The molecule has 5 nitrogen and oxygen atoms in total. The number of sulfonamides is 1. The highest BCUT2D eigenvalue weighted by molar-refractivity contribution is 7.92. The maximum absolute atomic E-state index is 12.6.